The molecule has 0 aromatic heterocycles. The minimum atomic E-state index is -6.00. The Kier molecular flexibility index (Phi) is 19.8. The van der Waals surface area contributed by atoms with Gasteiger partial charge in [-0.1, -0.05) is 36.4 Å². The Morgan fingerprint density at radius 1 is 0.360 bits per heavy atom. The lowest BCUT2D eigenvalue weighted by Gasteiger charge is -1.94. The molecule has 0 aliphatic heterocycles. The third-order valence-electron chi connectivity index (χ3n) is 0.667. The van der Waals surface area contributed by atoms with Crippen LogP contribution in [0.15, 0.2) is 36.4 Å². The Hall–Kier alpha value is -1.64. The van der Waals surface area contributed by atoms with Crippen molar-refractivity contribution in [2.45, 2.75) is 6.68 Å². The van der Waals surface area contributed by atoms with E-state index in [0.717, 1.165) is 0 Å². The van der Waals surface area contributed by atoms with Gasteiger partial charge in [0.15, 0.2) is 0 Å². The van der Waals surface area contributed by atoms with E-state index in [1.54, 1.807) is 0 Å². The fraction of sp³-hybridized carbons (Fsp3) is 0.143. The topological polar surface area (TPSA) is 0 Å². The van der Waals surface area contributed by atoms with Crippen LogP contribution in [0.4, 0.5) is 65.0 Å². The maximum Gasteiger partial charge on any atom is 0.673 e. The first kappa shape index (κ1) is 31.2. The predicted molar refractivity (Wildman–Crippen MR) is 64.1 cm³/mol. The van der Waals surface area contributed by atoms with E-state index in [9.17, 15) is 65.0 Å². The number of halogens is 15. The molecule has 0 spiro atoms. The highest BCUT2D eigenvalue weighted by atomic mass is 19.5. The van der Waals surface area contributed by atoms with E-state index in [1.165, 1.54) is 0 Å². The molecule has 1 aromatic carbocycles. The zero-order valence-electron chi connectivity index (χ0n) is 11.4. The molecule has 1 aromatic rings. The molecule has 0 radical (unpaired) electrons. The first-order valence-electron chi connectivity index (χ1n) is 5.27. The summed E-state index contributed by atoms with van der Waals surface area (Å²) in [6.45, 7) is -3.67. The molecule has 0 aliphatic rings. The van der Waals surface area contributed by atoms with E-state index in [1.807, 2.05) is 36.4 Å². The summed E-state index contributed by atoms with van der Waals surface area (Å²) in [5.41, 5.74) is 0. The molecular formula is C7H7B3F15-3. The summed E-state index contributed by atoms with van der Waals surface area (Å²) >= 11 is 0. The molecule has 0 nitrogen and oxygen atoms in total. The van der Waals surface area contributed by atoms with Gasteiger partial charge >= 0.3 is 28.4 Å². The smallest absolute Gasteiger partial charge is 0.418 e. The Morgan fingerprint density at radius 3 is 0.440 bits per heavy atom. The minimum Gasteiger partial charge on any atom is -0.418 e. The van der Waals surface area contributed by atoms with Crippen LogP contribution < -0.4 is 0 Å². The molecule has 0 fully saturated rings. The van der Waals surface area contributed by atoms with Gasteiger partial charge in [0.2, 0.25) is 0 Å². The molecule has 25 heavy (non-hydrogen) atoms. The maximum atomic E-state index is 9.75. The quantitative estimate of drug-likeness (QED) is 0.328. The van der Waals surface area contributed by atoms with Crippen LogP contribution >= 0.6 is 0 Å². The number of hydrogen-bond acceptors (Lipinski definition) is 0. The Labute approximate surface area is 131 Å². The molecule has 1 rings (SSSR count). The highest BCUT2D eigenvalue weighted by molar-refractivity contribution is 6.50. The average molecular weight is 409 g/mol. The van der Waals surface area contributed by atoms with Crippen molar-refractivity contribution >= 4 is 21.8 Å². The van der Waals surface area contributed by atoms with E-state index in [2.05, 4.69) is 0 Å². The first-order chi connectivity index (χ1) is 10.7. The van der Waals surface area contributed by atoms with Gasteiger partial charge < -0.3 is 51.8 Å². The van der Waals surface area contributed by atoms with Gasteiger partial charge in [-0.25, -0.2) is 0 Å². The highest BCUT2D eigenvalue weighted by Crippen LogP contribution is 2.07. The number of alkyl halides is 3. The molecule has 0 bridgehead atoms. The fourth-order valence-corrected chi connectivity index (χ4v) is 0.385. The second-order valence-electron chi connectivity index (χ2n) is 2.89. The second-order valence-corrected chi connectivity index (χ2v) is 2.89. The van der Waals surface area contributed by atoms with Crippen molar-refractivity contribution in [3.8, 4) is 0 Å². The zero-order valence-corrected chi connectivity index (χ0v) is 11.4. The molecule has 0 aliphatic carbocycles. The van der Waals surface area contributed by atoms with E-state index in [4.69, 9.17) is 0 Å². The number of hydrogen-bond donors (Lipinski definition) is 0. The van der Waals surface area contributed by atoms with Gasteiger partial charge in [-0.3, -0.25) is 0 Å². The van der Waals surface area contributed by atoms with Crippen molar-refractivity contribution < 1.29 is 65.0 Å². The van der Waals surface area contributed by atoms with Gasteiger partial charge in [-0.05, 0) is 0 Å². The highest BCUT2D eigenvalue weighted by Gasteiger charge is 2.21. The lowest BCUT2D eigenvalue weighted by Crippen LogP contribution is -2.02. The van der Waals surface area contributed by atoms with Crippen molar-refractivity contribution in [3.05, 3.63) is 36.4 Å². The largest absolute Gasteiger partial charge is 0.673 e. The average Bonchev–Trinajstić information content (AvgIpc) is 2.23. The van der Waals surface area contributed by atoms with Crippen molar-refractivity contribution in [3.63, 3.8) is 0 Å². The molecule has 0 unspecified atom stereocenters. The van der Waals surface area contributed by atoms with Gasteiger partial charge in [0.25, 0.3) is 0 Å². The van der Waals surface area contributed by atoms with Crippen LogP contribution in [-0.2, 0) is 0 Å². The van der Waals surface area contributed by atoms with Gasteiger partial charge in [0, 0.05) is 0 Å². The number of rotatable bonds is 0. The third kappa shape index (κ3) is 487. The van der Waals surface area contributed by atoms with Crippen LogP contribution in [0.5, 0.6) is 0 Å². The molecule has 152 valence electrons. The van der Waals surface area contributed by atoms with Gasteiger partial charge in [-0.15, -0.1) is 0 Å². The van der Waals surface area contributed by atoms with Crippen molar-refractivity contribution in [1.82, 2.24) is 0 Å². The molecule has 0 amide bonds. The van der Waals surface area contributed by atoms with Crippen LogP contribution in [0.25, 0.3) is 0 Å². The summed E-state index contributed by atoms with van der Waals surface area (Å²) in [6.07, 6.45) is 0. The second kappa shape index (κ2) is 15.9. The first-order valence-corrected chi connectivity index (χ1v) is 5.27. The van der Waals surface area contributed by atoms with E-state index in [-0.39, 0.29) is 0 Å². The zero-order chi connectivity index (χ0) is 21.3. The van der Waals surface area contributed by atoms with Gasteiger partial charge in [0.05, 0.1) is 0 Å². The molecular weight excluding hydrogens is 401 g/mol. The lowest BCUT2D eigenvalue weighted by molar-refractivity contribution is 0.00818. The fourth-order valence-electron chi connectivity index (χ4n) is 0.385. The SMILES string of the molecule is FC(F)F.F[B-](F)(F)F.F[B-](F)(F)F.F[B-](F)(F)F.c1ccccc1. The molecule has 0 heterocycles. The summed E-state index contributed by atoms with van der Waals surface area (Å²) in [5, 5.41) is 0. The lowest BCUT2D eigenvalue weighted by atomic mass is 10.3. The Bertz CT molecular complexity index is 282. The van der Waals surface area contributed by atoms with E-state index >= 15 is 0 Å². The monoisotopic (exact) mass is 409 g/mol. The summed E-state index contributed by atoms with van der Waals surface area (Å²) in [7, 11) is -18.0. The molecule has 0 saturated carbocycles. The minimum absolute atomic E-state index is 2.00. The van der Waals surface area contributed by atoms with Crippen LogP contribution in [0.1, 0.15) is 0 Å². The third-order valence-corrected chi connectivity index (χ3v) is 0.667. The van der Waals surface area contributed by atoms with Crippen LogP contribution in [0, 0.1) is 0 Å². The van der Waals surface area contributed by atoms with E-state index in [0.29, 0.717) is 0 Å². The standard InChI is InChI=1S/C6H6.CHF3.3BF4/c1-2-4-6-5-3-1;2-1(3)4;3*2-1(3,4)5/h1-6H;1H;;;/q;;3*-1. The summed E-state index contributed by atoms with van der Waals surface area (Å²) in [4.78, 5) is 0. The van der Waals surface area contributed by atoms with Crippen LogP contribution in [-0.4, -0.2) is 28.4 Å². The van der Waals surface area contributed by atoms with Gasteiger partial charge in [-0.2, -0.15) is 13.2 Å². The molecule has 18 heteroatoms. The maximum absolute atomic E-state index is 9.75. The van der Waals surface area contributed by atoms with Crippen LogP contribution in [0.2, 0.25) is 0 Å². The molecule has 0 N–H and O–H groups in total. The summed E-state index contributed by atoms with van der Waals surface area (Å²) < 4.78 is 146. The summed E-state index contributed by atoms with van der Waals surface area (Å²) in [6, 6.07) is 12.0. The van der Waals surface area contributed by atoms with Crippen molar-refractivity contribution in [2.75, 3.05) is 0 Å². The molecule has 0 atom stereocenters. The van der Waals surface area contributed by atoms with E-state index < -0.39 is 28.4 Å². The Morgan fingerprint density at radius 2 is 0.400 bits per heavy atom. The Balaban J connectivity index is -0.000000111. The summed E-state index contributed by atoms with van der Waals surface area (Å²) in [5.74, 6) is 0. The molecule has 0 saturated heterocycles. The predicted octanol–water partition coefficient (Wildman–Crippen LogP) is 6.77. The number of benzene rings is 1. The van der Waals surface area contributed by atoms with Crippen molar-refractivity contribution in [2.24, 2.45) is 0 Å². The van der Waals surface area contributed by atoms with Crippen molar-refractivity contribution in [1.29, 1.82) is 0 Å². The van der Waals surface area contributed by atoms with Gasteiger partial charge in [0.1, 0.15) is 0 Å². The normalized spacial score (nSPS) is 10.6. The van der Waals surface area contributed by atoms with Crippen LogP contribution in [0.3, 0.4) is 0 Å².